The predicted molar refractivity (Wildman–Crippen MR) is 109 cm³/mol. The van der Waals surface area contributed by atoms with Crippen molar-refractivity contribution in [3.63, 3.8) is 0 Å². The highest BCUT2D eigenvalue weighted by Crippen LogP contribution is 2.14. The second-order valence-electron chi connectivity index (χ2n) is 6.85. The first-order chi connectivity index (χ1) is 12.9. The van der Waals surface area contributed by atoms with Crippen LogP contribution in [0.15, 0.2) is 30.3 Å². The normalized spacial score (nSPS) is 13.0. The first-order valence-electron chi connectivity index (χ1n) is 9.73. The van der Waals surface area contributed by atoms with E-state index >= 15 is 0 Å². The Bertz CT molecular complexity index is 592. The fourth-order valence-electron chi connectivity index (χ4n) is 2.88. The van der Waals surface area contributed by atoms with E-state index in [1.807, 2.05) is 30.3 Å². The standard InChI is InChI=1S/C21H31ClN2O3/c1-2-3-4-5-9-12-20(26)24-18(15-19(23)25)21(27)17(22)14-13-16-10-7-6-8-11-16/h6-8,10-11,17-18H,2-5,9,12-15H2,1H3,(H2,23,25)(H,24,26)/t17?,18-/m1/s1. The highest BCUT2D eigenvalue weighted by molar-refractivity contribution is 6.32. The molecule has 0 radical (unpaired) electrons. The Morgan fingerprint density at radius 2 is 1.74 bits per heavy atom. The number of nitrogens with two attached hydrogens (primary N) is 1. The van der Waals surface area contributed by atoms with Gasteiger partial charge in [-0.05, 0) is 24.8 Å². The molecule has 0 aromatic heterocycles. The number of carbonyl (C=O) groups excluding carboxylic acids is 3. The average molecular weight is 395 g/mol. The molecule has 0 heterocycles. The van der Waals surface area contributed by atoms with Crippen LogP contribution in [0.5, 0.6) is 0 Å². The molecule has 6 heteroatoms. The quantitative estimate of drug-likeness (QED) is 0.373. The molecular formula is C21H31ClN2O3. The number of benzene rings is 1. The number of hydrogen-bond donors (Lipinski definition) is 2. The second kappa shape index (κ2) is 13.3. The summed E-state index contributed by atoms with van der Waals surface area (Å²) in [7, 11) is 0. The number of ketones is 1. The number of amides is 2. The fourth-order valence-corrected chi connectivity index (χ4v) is 3.14. The molecule has 0 aliphatic carbocycles. The van der Waals surface area contributed by atoms with Crippen LogP contribution in [0, 0.1) is 0 Å². The average Bonchev–Trinajstić information content (AvgIpc) is 2.65. The summed E-state index contributed by atoms with van der Waals surface area (Å²) in [4.78, 5) is 36.0. The molecule has 0 spiro atoms. The number of hydrogen-bond acceptors (Lipinski definition) is 3. The Morgan fingerprint density at radius 1 is 1.07 bits per heavy atom. The van der Waals surface area contributed by atoms with E-state index in [1.54, 1.807) is 0 Å². The number of alkyl halides is 1. The molecule has 0 aliphatic heterocycles. The number of rotatable bonds is 14. The zero-order chi connectivity index (χ0) is 20.1. The summed E-state index contributed by atoms with van der Waals surface area (Å²) >= 11 is 6.25. The zero-order valence-electron chi connectivity index (χ0n) is 16.1. The van der Waals surface area contributed by atoms with Gasteiger partial charge in [0.15, 0.2) is 5.78 Å². The van der Waals surface area contributed by atoms with E-state index in [9.17, 15) is 14.4 Å². The molecular weight excluding hydrogens is 364 g/mol. The van der Waals surface area contributed by atoms with Crippen molar-refractivity contribution in [3.05, 3.63) is 35.9 Å². The van der Waals surface area contributed by atoms with Gasteiger partial charge in [0, 0.05) is 6.42 Å². The number of nitrogens with one attached hydrogen (secondary N) is 1. The summed E-state index contributed by atoms with van der Waals surface area (Å²) in [6.45, 7) is 2.13. The molecule has 5 nitrogen and oxygen atoms in total. The van der Waals surface area contributed by atoms with Crippen LogP contribution in [-0.4, -0.2) is 29.0 Å². The van der Waals surface area contributed by atoms with Crippen LogP contribution < -0.4 is 11.1 Å². The van der Waals surface area contributed by atoms with Crippen molar-refractivity contribution >= 4 is 29.2 Å². The Labute approximate surface area is 167 Å². The summed E-state index contributed by atoms with van der Waals surface area (Å²) in [6, 6.07) is 8.76. The van der Waals surface area contributed by atoms with Gasteiger partial charge in [-0.2, -0.15) is 0 Å². The van der Waals surface area contributed by atoms with Gasteiger partial charge in [0.1, 0.15) is 0 Å². The largest absolute Gasteiger partial charge is 0.370 e. The van der Waals surface area contributed by atoms with Crippen LogP contribution in [0.4, 0.5) is 0 Å². The molecule has 1 unspecified atom stereocenters. The van der Waals surface area contributed by atoms with Crippen molar-refractivity contribution in [1.82, 2.24) is 5.32 Å². The van der Waals surface area contributed by atoms with Crippen molar-refractivity contribution in [2.75, 3.05) is 0 Å². The molecule has 2 atom stereocenters. The summed E-state index contributed by atoms with van der Waals surface area (Å²) < 4.78 is 0. The van der Waals surface area contributed by atoms with Gasteiger partial charge in [-0.15, -0.1) is 11.6 Å². The van der Waals surface area contributed by atoms with Gasteiger partial charge in [-0.1, -0.05) is 62.9 Å². The van der Waals surface area contributed by atoms with Crippen LogP contribution in [0.25, 0.3) is 0 Å². The number of unbranched alkanes of at least 4 members (excludes halogenated alkanes) is 4. The summed E-state index contributed by atoms with van der Waals surface area (Å²) in [5, 5.41) is 1.87. The van der Waals surface area contributed by atoms with E-state index in [4.69, 9.17) is 17.3 Å². The summed E-state index contributed by atoms with van der Waals surface area (Å²) in [5.74, 6) is -1.23. The lowest BCUT2D eigenvalue weighted by Crippen LogP contribution is -2.46. The zero-order valence-corrected chi connectivity index (χ0v) is 16.8. The summed E-state index contributed by atoms with van der Waals surface area (Å²) in [5.41, 5.74) is 6.32. The van der Waals surface area contributed by atoms with Crippen molar-refractivity contribution in [3.8, 4) is 0 Å². The van der Waals surface area contributed by atoms with Gasteiger partial charge < -0.3 is 11.1 Å². The van der Waals surface area contributed by atoms with Crippen LogP contribution in [0.1, 0.15) is 63.9 Å². The molecule has 27 heavy (non-hydrogen) atoms. The molecule has 150 valence electrons. The maximum absolute atomic E-state index is 12.6. The predicted octanol–water partition coefficient (Wildman–Crippen LogP) is 3.52. The molecule has 0 fully saturated rings. The first kappa shape index (κ1) is 23.2. The SMILES string of the molecule is CCCCCCCC(=O)N[C@H](CC(N)=O)C(=O)C(Cl)CCc1ccccc1. The number of primary amides is 1. The Balaban J connectivity index is 2.51. The number of carbonyl (C=O) groups is 3. The molecule has 0 saturated heterocycles. The maximum atomic E-state index is 12.6. The lowest BCUT2D eigenvalue weighted by molar-refractivity contribution is -0.130. The Kier molecular flexibility index (Phi) is 11.4. The van der Waals surface area contributed by atoms with Crippen molar-refractivity contribution in [1.29, 1.82) is 0 Å². The van der Waals surface area contributed by atoms with Crippen LogP contribution in [0.2, 0.25) is 0 Å². The second-order valence-corrected chi connectivity index (χ2v) is 7.38. The first-order valence-corrected chi connectivity index (χ1v) is 10.2. The van der Waals surface area contributed by atoms with Crippen molar-refractivity contribution in [2.24, 2.45) is 5.73 Å². The van der Waals surface area contributed by atoms with E-state index < -0.39 is 17.3 Å². The van der Waals surface area contributed by atoms with E-state index in [-0.39, 0.29) is 18.1 Å². The monoisotopic (exact) mass is 394 g/mol. The van der Waals surface area contributed by atoms with E-state index in [1.165, 1.54) is 0 Å². The molecule has 1 aromatic carbocycles. The highest BCUT2D eigenvalue weighted by Gasteiger charge is 2.28. The Morgan fingerprint density at radius 3 is 2.37 bits per heavy atom. The van der Waals surface area contributed by atoms with Gasteiger partial charge in [0.05, 0.1) is 17.8 Å². The van der Waals surface area contributed by atoms with Crippen molar-refractivity contribution < 1.29 is 14.4 Å². The third-order valence-electron chi connectivity index (χ3n) is 4.43. The third-order valence-corrected chi connectivity index (χ3v) is 4.86. The number of halogens is 1. The number of Topliss-reactive ketones (excluding diaryl/α,β-unsaturated/α-hetero) is 1. The molecule has 1 rings (SSSR count). The van der Waals surface area contributed by atoms with Crippen LogP contribution in [0.3, 0.4) is 0 Å². The lowest BCUT2D eigenvalue weighted by Gasteiger charge is -2.19. The molecule has 2 amide bonds. The number of aryl methyl sites for hydroxylation is 1. The molecule has 1 aromatic rings. The summed E-state index contributed by atoms with van der Waals surface area (Å²) in [6.07, 6.45) is 6.32. The van der Waals surface area contributed by atoms with Gasteiger partial charge in [-0.3, -0.25) is 14.4 Å². The fraction of sp³-hybridized carbons (Fsp3) is 0.571. The lowest BCUT2D eigenvalue weighted by atomic mass is 10.00. The minimum Gasteiger partial charge on any atom is -0.370 e. The van der Waals surface area contributed by atoms with Crippen LogP contribution >= 0.6 is 11.6 Å². The van der Waals surface area contributed by atoms with Gasteiger partial charge in [-0.25, -0.2) is 0 Å². The van der Waals surface area contributed by atoms with Crippen LogP contribution in [-0.2, 0) is 20.8 Å². The van der Waals surface area contributed by atoms with Gasteiger partial charge in [0.25, 0.3) is 0 Å². The topological polar surface area (TPSA) is 89.3 Å². The minimum atomic E-state index is -0.955. The third kappa shape index (κ3) is 10.1. The maximum Gasteiger partial charge on any atom is 0.220 e. The molecule has 0 aliphatic rings. The smallest absolute Gasteiger partial charge is 0.220 e. The molecule has 0 saturated carbocycles. The Hall–Kier alpha value is -1.88. The van der Waals surface area contributed by atoms with E-state index in [0.717, 1.165) is 37.7 Å². The van der Waals surface area contributed by atoms with Crippen molar-refractivity contribution in [2.45, 2.75) is 76.1 Å². The molecule has 3 N–H and O–H groups in total. The van der Waals surface area contributed by atoms with E-state index in [2.05, 4.69) is 12.2 Å². The molecule has 0 bridgehead atoms. The van der Waals surface area contributed by atoms with E-state index in [0.29, 0.717) is 19.3 Å². The highest BCUT2D eigenvalue weighted by atomic mass is 35.5. The van der Waals surface area contributed by atoms with Gasteiger partial charge >= 0.3 is 0 Å². The van der Waals surface area contributed by atoms with Gasteiger partial charge in [0.2, 0.25) is 11.8 Å². The minimum absolute atomic E-state index is 0.227.